The Morgan fingerprint density at radius 2 is 1.88 bits per heavy atom. The van der Waals surface area contributed by atoms with Crippen LogP contribution in [0.5, 0.6) is 5.75 Å². The first-order chi connectivity index (χ1) is 15.3. The lowest BCUT2D eigenvalue weighted by Crippen LogP contribution is -2.10. The molecule has 0 aliphatic rings. The summed E-state index contributed by atoms with van der Waals surface area (Å²) in [5.74, 6) is -0.555. The van der Waals surface area contributed by atoms with Gasteiger partial charge in [0.1, 0.15) is 23.7 Å². The number of aromatic nitrogens is 3. The average Bonchev–Trinajstić information content (AvgIpc) is 3.23. The Kier molecular flexibility index (Phi) is 5.79. The molecule has 0 unspecified atom stereocenters. The maximum Gasteiger partial charge on any atom is 0.229 e. The summed E-state index contributed by atoms with van der Waals surface area (Å²) in [4.78, 5) is 0. The highest BCUT2D eigenvalue weighted by molar-refractivity contribution is 7.92. The van der Waals surface area contributed by atoms with E-state index in [0.29, 0.717) is 40.9 Å². The molecule has 2 aromatic heterocycles. The lowest BCUT2D eigenvalue weighted by atomic mass is 10.0. The second-order valence-corrected chi connectivity index (χ2v) is 9.00. The van der Waals surface area contributed by atoms with Crippen molar-refractivity contribution >= 4 is 21.4 Å². The van der Waals surface area contributed by atoms with Gasteiger partial charge >= 0.3 is 0 Å². The summed E-state index contributed by atoms with van der Waals surface area (Å²) in [5.41, 5.74) is 2.84. The molecule has 0 fully saturated rings. The molecule has 4 aromatic rings. The van der Waals surface area contributed by atoms with Crippen LogP contribution in [0.25, 0.3) is 16.8 Å². The van der Waals surface area contributed by atoms with Crippen LogP contribution in [0.15, 0.2) is 54.9 Å². The van der Waals surface area contributed by atoms with Crippen LogP contribution in [-0.2, 0) is 22.9 Å². The minimum Gasteiger partial charge on any atom is -0.496 e. The van der Waals surface area contributed by atoms with Gasteiger partial charge in [0, 0.05) is 16.8 Å². The molecule has 32 heavy (non-hydrogen) atoms. The maximum atomic E-state index is 14.5. The molecule has 10 heteroatoms. The number of aryl methyl sites for hydroxylation is 1. The summed E-state index contributed by atoms with van der Waals surface area (Å²) in [5, 5.41) is 8.13. The Morgan fingerprint density at radius 3 is 2.59 bits per heavy atom. The van der Waals surface area contributed by atoms with Crippen LogP contribution in [0.1, 0.15) is 11.3 Å². The zero-order valence-electron chi connectivity index (χ0n) is 17.3. The molecule has 0 aliphatic carbocycles. The highest BCUT2D eigenvalue weighted by Gasteiger charge is 2.15. The predicted molar refractivity (Wildman–Crippen MR) is 117 cm³/mol. The van der Waals surface area contributed by atoms with Crippen LogP contribution in [0.2, 0.25) is 0 Å². The van der Waals surface area contributed by atoms with E-state index in [1.54, 1.807) is 35.0 Å². The molecule has 0 radical (unpaired) electrons. The van der Waals surface area contributed by atoms with Crippen LogP contribution in [0.4, 0.5) is 14.5 Å². The fourth-order valence-electron chi connectivity index (χ4n) is 3.58. The van der Waals surface area contributed by atoms with Crippen molar-refractivity contribution in [1.29, 1.82) is 0 Å². The fourth-order valence-corrected chi connectivity index (χ4v) is 4.15. The van der Waals surface area contributed by atoms with Crippen molar-refractivity contribution in [3.8, 4) is 16.9 Å². The molecule has 0 aliphatic heterocycles. The predicted octanol–water partition coefficient (Wildman–Crippen LogP) is 3.84. The average molecular weight is 458 g/mol. The number of fused-ring (bicyclic) bond motifs is 1. The van der Waals surface area contributed by atoms with E-state index in [4.69, 9.17) is 4.74 Å². The molecule has 7 nitrogen and oxygen atoms in total. The smallest absolute Gasteiger partial charge is 0.229 e. The van der Waals surface area contributed by atoms with Gasteiger partial charge in [0.15, 0.2) is 5.65 Å². The van der Waals surface area contributed by atoms with Gasteiger partial charge < -0.3 is 4.74 Å². The summed E-state index contributed by atoms with van der Waals surface area (Å²) in [6.45, 7) is 0. The van der Waals surface area contributed by atoms with Crippen LogP contribution >= 0.6 is 0 Å². The second-order valence-electron chi connectivity index (χ2n) is 7.25. The molecule has 0 spiro atoms. The van der Waals surface area contributed by atoms with E-state index in [9.17, 15) is 17.2 Å². The minimum absolute atomic E-state index is 0.135. The van der Waals surface area contributed by atoms with E-state index < -0.39 is 15.8 Å². The van der Waals surface area contributed by atoms with Crippen molar-refractivity contribution < 1.29 is 21.9 Å². The van der Waals surface area contributed by atoms with Gasteiger partial charge in [-0.3, -0.25) is 9.12 Å². The van der Waals surface area contributed by atoms with Crippen molar-refractivity contribution in [2.45, 2.75) is 12.8 Å². The molecule has 1 N–H and O–H groups in total. The molecule has 0 saturated heterocycles. The molecule has 166 valence electrons. The van der Waals surface area contributed by atoms with Gasteiger partial charge in [-0.05, 0) is 54.8 Å². The number of hydrogen-bond acceptors (Lipinski definition) is 5. The maximum absolute atomic E-state index is 14.5. The first-order valence-electron chi connectivity index (χ1n) is 9.67. The molecule has 0 bridgehead atoms. The molecular formula is C22H20F2N4O3S. The molecule has 2 aromatic carbocycles. The van der Waals surface area contributed by atoms with Gasteiger partial charge in [-0.1, -0.05) is 12.1 Å². The largest absolute Gasteiger partial charge is 0.496 e. The summed E-state index contributed by atoms with van der Waals surface area (Å²) in [6.07, 6.45) is 3.40. The van der Waals surface area contributed by atoms with E-state index in [-0.39, 0.29) is 11.5 Å². The lowest BCUT2D eigenvalue weighted by Gasteiger charge is -2.12. The first kappa shape index (κ1) is 21.7. The summed E-state index contributed by atoms with van der Waals surface area (Å²) < 4.78 is 60.7. The minimum atomic E-state index is -3.60. The highest BCUT2D eigenvalue weighted by atomic mass is 32.2. The van der Waals surface area contributed by atoms with Crippen molar-refractivity contribution in [3.05, 3.63) is 77.8 Å². The number of rotatable bonds is 7. The molecular weight excluding hydrogens is 438 g/mol. The second kappa shape index (κ2) is 8.54. The van der Waals surface area contributed by atoms with Crippen molar-refractivity contribution in [2.24, 2.45) is 0 Å². The number of halogens is 2. The van der Waals surface area contributed by atoms with E-state index >= 15 is 0 Å². The van der Waals surface area contributed by atoms with Gasteiger partial charge in [0.25, 0.3) is 0 Å². The Morgan fingerprint density at radius 1 is 1.06 bits per heavy atom. The molecule has 2 heterocycles. The topological polar surface area (TPSA) is 85.6 Å². The third-order valence-corrected chi connectivity index (χ3v) is 5.63. The number of sulfonamides is 1. The van der Waals surface area contributed by atoms with Gasteiger partial charge in [0.05, 0.1) is 19.1 Å². The third-order valence-electron chi connectivity index (χ3n) is 5.04. The van der Waals surface area contributed by atoms with Gasteiger partial charge in [-0.25, -0.2) is 17.2 Å². The van der Waals surface area contributed by atoms with E-state index in [0.717, 1.165) is 11.9 Å². The fraction of sp³-hybridized carbons (Fsp3) is 0.182. The Hall–Kier alpha value is -3.53. The summed E-state index contributed by atoms with van der Waals surface area (Å²) >= 11 is 0. The van der Waals surface area contributed by atoms with Crippen LogP contribution in [-0.4, -0.2) is 36.4 Å². The number of nitrogens with zero attached hydrogens (tertiary/aromatic N) is 3. The van der Waals surface area contributed by atoms with E-state index in [2.05, 4.69) is 14.9 Å². The Balaban J connectivity index is 1.66. The van der Waals surface area contributed by atoms with Gasteiger partial charge in [-0.2, -0.15) is 0 Å². The van der Waals surface area contributed by atoms with E-state index in [1.165, 1.54) is 25.3 Å². The van der Waals surface area contributed by atoms with Crippen LogP contribution < -0.4 is 9.46 Å². The number of benzene rings is 2. The third kappa shape index (κ3) is 4.40. The zero-order chi connectivity index (χ0) is 22.9. The van der Waals surface area contributed by atoms with Gasteiger partial charge in [0.2, 0.25) is 10.0 Å². The van der Waals surface area contributed by atoms with E-state index in [1.807, 2.05) is 6.07 Å². The molecule has 0 amide bonds. The first-order valence-corrected chi connectivity index (χ1v) is 11.6. The number of pyridine rings is 1. The van der Waals surface area contributed by atoms with Crippen LogP contribution in [0.3, 0.4) is 0 Å². The zero-order valence-corrected chi connectivity index (χ0v) is 18.2. The number of anilines is 1. The van der Waals surface area contributed by atoms with Crippen molar-refractivity contribution in [3.63, 3.8) is 0 Å². The molecule has 4 rings (SSSR count). The SMILES string of the molecule is COc1cccc(F)c1CCc1ccc(-c2ccc(NS(C)(=O)=O)c(F)c2)c2nncn12. The van der Waals surface area contributed by atoms with Crippen molar-refractivity contribution in [2.75, 3.05) is 18.1 Å². The molecule has 0 atom stereocenters. The monoisotopic (exact) mass is 458 g/mol. The normalized spacial score (nSPS) is 11.6. The lowest BCUT2D eigenvalue weighted by molar-refractivity contribution is 0.404. The standard InChI is InChI=1S/C22H20F2N4O3S/c1-31-21-5-3-4-18(23)17(21)10-8-15-7-9-16(22-26-25-13-28(15)22)14-6-11-20(19(24)12-14)27-32(2,29)30/h3-7,9,11-13,27H,8,10H2,1-2H3. The quantitative estimate of drug-likeness (QED) is 0.455. The Labute approximate surface area is 183 Å². The Bertz CT molecular complexity index is 1400. The molecule has 0 saturated carbocycles. The number of methoxy groups -OCH3 is 1. The number of hydrogen-bond donors (Lipinski definition) is 1. The van der Waals surface area contributed by atoms with Crippen LogP contribution in [0, 0.1) is 11.6 Å². The number of nitrogens with one attached hydrogen (secondary N) is 1. The van der Waals surface area contributed by atoms with Gasteiger partial charge in [-0.15, -0.1) is 10.2 Å². The number of ether oxygens (including phenoxy) is 1. The van der Waals surface area contributed by atoms with Crippen molar-refractivity contribution in [1.82, 2.24) is 14.6 Å². The highest BCUT2D eigenvalue weighted by Crippen LogP contribution is 2.29. The summed E-state index contributed by atoms with van der Waals surface area (Å²) in [6, 6.07) is 12.5. The summed E-state index contributed by atoms with van der Waals surface area (Å²) in [7, 11) is -2.10.